The van der Waals surface area contributed by atoms with E-state index >= 15 is 0 Å². The number of carbonyl (C=O) groups is 1. The predicted molar refractivity (Wildman–Crippen MR) is 88.6 cm³/mol. The molecule has 0 saturated carbocycles. The Kier molecular flexibility index (Phi) is 5.37. The number of ether oxygens (including phenoxy) is 1. The number of aromatic nitrogens is 3. The lowest BCUT2D eigenvalue weighted by Gasteiger charge is -2.27. The molecule has 0 unspecified atom stereocenters. The van der Waals surface area contributed by atoms with Crippen LogP contribution in [-0.2, 0) is 16.2 Å². The molecule has 8 heteroatoms. The van der Waals surface area contributed by atoms with Gasteiger partial charge in [-0.1, -0.05) is 0 Å². The maximum atomic E-state index is 11.8. The van der Waals surface area contributed by atoms with Gasteiger partial charge in [0, 0.05) is 30.8 Å². The molecule has 0 aromatic carbocycles. The molecule has 24 heavy (non-hydrogen) atoms. The van der Waals surface area contributed by atoms with E-state index in [-0.39, 0.29) is 11.9 Å². The first-order chi connectivity index (χ1) is 11.7. The fraction of sp³-hybridized carbons (Fsp3) is 0.500. The Morgan fingerprint density at radius 2 is 2.12 bits per heavy atom. The summed E-state index contributed by atoms with van der Waals surface area (Å²) in [5.41, 5.74) is 0.853. The van der Waals surface area contributed by atoms with Crippen LogP contribution in [0.1, 0.15) is 19.8 Å². The smallest absolute Gasteiger partial charge is 0.309 e. The minimum Gasteiger partial charge on any atom is -0.466 e. The lowest BCUT2D eigenvalue weighted by atomic mass is 9.97. The van der Waals surface area contributed by atoms with Crippen molar-refractivity contribution in [2.75, 3.05) is 19.7 Å². The highest BCUT2D eigenvalue weighted by atomic mass is 32.1. The number of hydrogen-bond acceptors (Lipinski definition) is 6. The Labute approximate surface area is 145 Å². The van der Waals surface area contributed by atoms with Gasteiger partial charge in [0.2, 0.25) is 5.89 Å². The molecule has 1 N–H and O–H groups in total. The van der Waals surface area contributed by atoms with Crippen molar-refractivity contribution in [3.05, 3.63) is 29.4 Å². The first-order valence-electron chi connectivity index (χ1n) is 8.16. The van der Waals surface area contributed by atoms with Gasteiger partial charge in [-0.3, -0.25) is 9.78 Å². The lowest BCUT2D eigenvalue weighted by Crippen LogP contribution is -3.12. The van der Waals surface area contributed by atoms with Crippen LogP contribution in [0.15, 0.2) is 28.9 Å². The minimum atomic E-state index is -0.0745. The van der Waals surface area contributed by atoms with Crippen molar-refractivity contribution >= 4 is 18.2 Å². The van der Waals surface area contributed by atoms with Gasteiger partial charge in [0.05, 0.1) is 25.6 Å². The average molecular weight is 349 g/mol. The number of rotatable bonds is 5. The minimum absolute atomic E-state index is 0.0198. The Morgan fingerprint density at radius 3 is 2.79 bits per heavy atom. The summed E-state index contributed by atoms with van der Waals surface area (Å²) >= 11 is 5.27. The molecule has 3 rings (SSSR count). The standard InChI is InChI=1S/C16H20N4O3S/c1-2-22-15(21)13-5-9-19(10-6-13)11-20-16(24)23-14(18-20)12-3-7-17-8-4-12/h3-4,7-8,13H,2,5-6,9-11H2,1H3/p+1. The summed E-state index contributed by atoms with van der Waals surface area (Å²) < 4.78 is 12.4. The molecular formula is C16H21N4O3S+. The SMILES string of the molecule is CCOC(=O)C1CC[NH+](Cn2nc(-c3ccncc3)oc2=S)CC1. The van der Waals surface area contributed by atoms with Gasteiger partial charge >= 0.3 is 5.97 Å². The van der Waals surface area contributed by atoms with E-state index < -0.39 is 0 Å². The van der Waals surface area contributed by atoms with E-state index in [1.54, 1.807) is 17.1 Å². The van der Waals surface area contributed by atoms with Crippen molar-refractivity contribution in [3.63, 3.8) is 0 Å². The maximum Gasteiger partial charge on any atom is 0.309 e. The van der Waals surface area contributed by atoms with Crippen LogP contribution in [0, 0.1) is 10.8 Å². The molecule has 2 aromatic rings. The summed E-state index contributed by atoms with van der Waals surface area (Å²) in [6.07, 6.45) is 5.05. The van der Waals surface area contributed by atoms with Crippen LogP contribution >= 0.6 is 12.2 Å². The number of nitrogens with zero attached hydrogens (tertiary/aromatic N) is 3. The molecule has 0 radical (unpaired) electrons. The molecule has 3 heterocycles. The highest BCUT2D eigenvalue weighted by Gasteiger charge is 2.28. The Balaban J connectivity index is 1.61. The third-order valence-electron chi connectivity index (χ3n) is 4.22. The molecule has 1 aliphatic rings. The summed E-state index contributed by atoms with van der Waals surface area (Å²) in [6.45, 7) is 4.71. The number of pyridine rings is 1. The number of hydrogen-bond donors (Lipinski definition) is 1. The van der Waals surface area contributed by atoms with Crippen molar-refractivity contribution in [1.82, 2.24) is 14.8 Å². The number of esters is 1. The summed E-state index contributed by atoms with van der Waals surface area (Å²) in [4.78, 5) is 17.5. The van der Waals surface area contributed by atoms with E-state index in [2.05, 4.69) is 10.1 Å². The molecule has 1 fully saturated rings. The molecule has 2 aromatic heterocycles. The maximum absolute atomic E-state index is 11.8. The second kappa shape index (κ2) is 7.67. The highest BCUT2D eigenvalue weighted by Crippen LogP contribution is 2.16. The van der Waals surface area contributed by atoms with Gasteiger partial charge in [0.25, 0.3) is 4.84 Å². The van der Waals surface area contributed by atoms with Crippen molar-refractivity contribution in [2.24, 2.45) is 5.92 Å². The second-order valence-corrected chi connectivity index (χ2v) is 6.19. The van der Waals surface area contributed by atoms with E-state index in [9.17, 15) is 4.79 Å². The zero-order valence-corrected chi connectivity index (χ0v) is 14.4. The summed E-state index contributed by atoms with van der Waals surface area (Å²) in [6, 6.07) is 3.67. The molecule has 1 saturated heterocycles. The summed E-state index contributed by atoms with van der Waals surface area (Å²) in [7, 11) is 0. The van der Waals surface area contributed by atoms with E-state index in [1.807, 2.05) is 19.1 Å². The highest BCUT2D eigenvalue weighted by molar-refractivity contribution is 7.71. The zero-order valence-electron chi connectivity index (χ0n) is 13.6. The topological polar surface area (TPSA) is 74.6 Å². The van der Waals surface area contributed by atoms with Crippen molar-refractivity contribution in [1.29, 1.82) is 0 Å². The number of piperidine rings is 1. The lowest BCUT2D eigenvalue weighted by molar-refractivity contribution is -0.929. The number of nitrogens with one attached hydrogen (secondary N) is 1. The molecule has 1 aliphatic heterocycles. The van der Waals surface area contributed by atoms with Gasteiger partial charge in [0.15, 0.2) is 6.67 Å². The van der Waals surface area contributed by atoms with Crippen LogP contribution in [0.3, 0.4) is 0 Å². The number of quaternary nitrogens is 1. The quantitative estimate of drug-likeness (QED) is 0.643. The molecule has 0 atom stereocenters. The molecular weight excluding hydrogens is 328 g/mol. The summed E-state index contributed by atoms with van der Waals surface area (Å²) in [5.74, 6) is 0.448. The van der Waals surface area contributed by atoms with E-state index in [0.717, 1.165) is 31.5 Å². The molecule has 128 valence electrons. The van der Waals surface area contributed by atoms with Gasteiger partial charge in [0.1, 0.15) is 0 Å². The van der Waals surface area contributed by atoms with Gasteiger partial charge in [-0.05, 0) is 31.3 Å². The molecule has 7 nitrogen and oxygen atoms in total. The van der Waals surface area contributed by atoms with Gasteiger partial charge < -0.3 is 14.1 Å². The number of carbonyl (C=O) groups excluding carboxylic acids is 1. The van der Waals surface area contributed by atoms with Gasteiger partial charge in [-0.2, -0.15) is 4.68 Å². The van der Waals surface area contributed by atoms with Crippen LogP contribution in [0.5, 0.6) is 0 Å². The van der Waals surface area contributed by atoms with Gasteiger partial charge in [-0.15, -0.1) is 5.10 Å². The Morgan fingerprint density at radius 1 is 1.42 bits per heavy atom. The van der Waals surface area contributed by atoms with Crippen LogP contribution in [0.2, 0.25) is 0 Å². The van der Waals surface area contributed by atoms with E-state index in [0.29, 0.717) is 24.0 Å². The van der Waals surface area contributed by atoms with Crippen LogP contribution in [0.25, 0.3) is 11.5 Å². The Hall–Kier alpha value is -2.06. The Bertz CT molecular complexity index is 735. The van der Waals surface area contributed by atoms with Crippen LogP contribution < -0.4 is 4.90 Å². The van der Waals surface area contributed by atoms with Crippen molar-refractivity contribution in [2.45, 2.75) is 26.4 Å². The first kappa shape index (κ1) is 16.8. The van der Waals surface area contributed by atoms with Gasteiger partial charge in [-0.25, -0.2) is 0 Å². The molecule has 0 bridgehead atoms. The third kappa shape index (κ3) is 3.88. The molecule has 0 amide bonds. The fourth-order valence-electron chi connectivity index (χ4n) is 2.91. The fourth-order valence-corrected chi connectivity index (χ4v) is 3.09. The van der Waals surface area contributed by atoms with Crippen molar-refractivity contribution in [3.8, 4) is 11.5 Å². The van der Waals surface area contributed by atoms with E-state index in [1.165, 1.54) is 4.90 Å². The first-order valence-corrected chi connectivity index (χ1v) is 8.56. The monoisotopic (exact) mass is 349 g/mol. The van der Waals surface area contributed by atoms with Crippen molar-refractivity contribution < 1.29 is 18.8 Å². The number of likely N-dealkylation sites (tertiary alicyclic amines) is 1. The average Bonchev–Trinajstić information content (AvgIpc) is 2.97. The summed E-state index contributed by atoms with van der Waals surface area (Å²) in [5, 5.41) is 4.46. The largest absolute Gasteiger partial charge is 0.466 e. The second-order valence-electron chi connectivity index (χ2n) is 5.84. The molecule has 0 aliphatic carbocycles. The third-order valence-corrected chi connectivity index (χ3v) is 4.51. The zero-order chi connectivity index (χ0) is 16.9. The van der Waals surface area contributed by atoms with Crippen LogP contribution in [0.4, 0.5) is 0 Å². The molecule has 0 spiro atoms. The predicted octanol–water partition coefficient (Wildman–Crippen LogP) is 1.08. The van der Waals surface area contributed by atoms with E-state index in [4.69, 9.17) is 21.4 Å². The van der Waals surface area contributed by atoms with Crippen LogP contribution in [-0.4, -0.2) is 40.4 Å². The normalized spacial score (nSPS) is 20.7.